The number of nitrogen functional groups attached to an aromatic ring is 1. The Bertz CT molecular complexity index is 573. The van der Waals surface area contributed by atoms with E-state index in [1.165, 1.54) is 18.6 Å². The summed E-state index contributed by atoms with van der Waals surface area (Å²) in [7, 11) is 0. The highest BCUT2D eigenvalue weighted by molar-refractivity contribution is 5.83. The van der Waals surface area contributed by atoms with Gasteiger partial charge in [-0.2, -0.15) is 0 Å². The number of aromatic hydroxyl groups is 1. The minimum absolute atomic E-state index is 0.0718. The molecule has 0 amide bonds. The summed E-state index contributed by atoms with van der Waals surface area (Å²) in [5.74, 6) is 0.102. The number of phenols is 1. The summed E-state index contributed by atoms with van der Waals surface area (Å²) in [6, 6.07) is 4.72. The molecule has 1 heterocycles. The average molecular weight is 235 g/mol. The topological polar surface area (TPSA) is 76.5 Å². The molecule has 1 aromatic heterocycles. The smallest absolute Gasteiger partial charge is 0.359 e. The molecule has 2 rings (SSSR count). The Kier molecular flexibility index (Phi) is 4.15. The molecule has 0 aliphatic rings. The highest BCUT2D eigenvalue weighted by atomic mass is 16.4. The van der Waals surface area contributed by atoms with Gasteiger partial charge in [0.1, 0.15) is 17.0 Å². The average Bonchev–Trinajstić information content (AvgIpc) is 2.28. The van der Waals surface area contributed by atoms with E-state index < -0.39 is 5.63 Å². The first-order valence-electron chi connectivity index (χ1n) is 5.53. The van der Waals surface area contributed by atoms with Gasteiger partial charge in [0.05, 0.1) is 0 Å². The summed E-state index contributed by atoms with van der Waals surface area (Å²) in [4.78, 5) is 11.1. The Labute approximate surface area is 99.7 Å². The molecule has 17 heavy (non-hydrogen) atoms. The first-order chi connectivity index (χ1) is 8.01. The number of nitrogens with two attached hydrogens (primary N) is 1. The van der Waals surface area contributed by atoms with Crippen molar-refractivity contribution in [1.29, 1.82) is 0 Å². The molecule has 0 atom stereocenters. The van der Waals surface area contributed by atoms with Crippen LogP contribution in [0.5, 0.6) is 5.75 Å². The Morgan fingerprint density at radius 2 is 1.94 bits per heavy atom. The van der Waals surface area contributed by atoms with Crippen LogP contribution >= 0.6 is 0 Å². The molecular formula is C13H17NO3. The van der Waals surface area contributed by atoms with Crippen molar-refractivity contribution < 1.29 is 9.52 Å². The Morgan fingerprint density at radius 1 is 1.35 bits per heavy atom. The van der Waals surface area contributed by atoms with E-state index in [9.17, 15) is 9.90 Å². The number of phenolic OH excluding ortho intramolecular Hbond substituents is 1. The fourth-order valence-electron chi connectivity index (χ4n) is 1.33. The minimum Gasteiger partial charge on any atom is -0.508 e. The molecule has 0 fully saturated rings. The summed E-state index contributed by atoms with van der Waals surface area (Å²) < 4.78 is 4.96. The lowest BCUT2D eigenvalue weighted by atomic mass is 10.1. The molecular weight excluding hydrogens is 218 g/mol. The molecule has 0 bridgehead atoms. The molecule has 4 nitrogen and oxygen atoms in total. The van der Waals surface area contributed by atoms with Crippen LogP contribution in [0.15, 0.2) is 27.4 Å². The number of aryl methyl sites for hydroxylation is 1. The van der Waals surface area contributed by atoms with E-state index in [1.54, 1.807) is 13.0 Å². The largest absolute Gasteiger partial charge is 0.508 e. The van der Waals surface area contributed by atoms with E-state index in [-0.39, 0.29) is 11.4 Å². The Hall–Kier alpha value is -1.97. The molecule has 0 spiro atoms. The van der Waals surface area contributed by atoms with Crippen LogP contribution in [-0.2, 0) is 0 Å². The predicted octanol–water partition coefficient (Wildman–Crippen LogP) is 2.81. The number of anilines is 1. The van der Waals surface area contributed by atoms with Gasteiger partial charge in [0, 0.05) is 10.9 Å². The molecule has 2 aromatic rings. The number of hydrogen-bond donors (Lipinski definition) is 2. The van der Waals surface area contributed by atoms with Crippen LogP contribution in [0.3, 0.4) is 0 Å². The van der Waals surface area contributed by atoms with Crippen molar-refractivity contribution >= 4 is 16.7 Å². The summed E-state index contributed by atoms with van der Waals surface area (Å²) in [6.07, 6.45) is 1.25. The fraction of sp³-hybridized carbons (Fsp3) is 0.308. The van der Waals surface area contributed by atoms with Crippen LogP contribution in [0.4, 0.5) is 5.69 Å². The van der Waals surface area contributed by atoms with Gasteiger partial charge in [-0.1, -0.05) is 20.3 Å². The van der Waals surface area contributed by atoms with Crippen molar-refractivity contribution in [3.63, 3.8) is 0 Å². The minimum atomic E-state index is -0.578. The predicted molar refractivity (Wildman–Crippen MR) is 69.3 cm³/mol. The van der Waals surface area contributed by atoms with Gasteiger partial charge in [0.25, 0.3) is 0 Å². The number of fused-ring (bicyclic) bond motifs is 1. The molecule has 0 unspecified atom stereocenters. The first-order valence-corrected chi connectivity index (χ1v) is 5.53. The van der Waals surface area contributed by atoms with E-state index in [4.69, 9.17) is 10.2 Å². The van der Waals surface area contributed by atoms with Crippen LogP contribution in [0.2, 0.25) is 0 Å². The Morgan fingerprint density at radius 3 is 2.53 bits per heavy atom. The van der Waals surface area contributed by atoms with E-state index in [1.807, 2.05) is 0 Å². The van der Waals surface area contributed by atoms with Crippen molar-refractivity contribution in [1.82, 2.24) is 0 Å². The molecule has 92 valence electrons. The Balaban J connectivity index is 0.000000437. The molecule has 0 aliphatic carbocycles. The second-order valence-corrected chi connectivity index (χ2v) is 3.82. The lowest BCUT2D eigenvalue weighted by Crippen LogP contribution is -2.05. The maximum atomic E-state index is 11.1. The fourth-order valence-corrected chi connectivity index (χ4v) is 1.33. The molecule has 0 saturated carbocycles. The molecule has 0 radical (unpaired) electrons. The van der Waals surface area contributed by atoms with Gasteiger partial charge in [0.15, 0.2) is 0 Å². The highest BCUT2D eigenvalue weighted by Gasteiger charge is 2.07. The molecule has 0 aliphatic heterocycles. The van der Waals surface area contributed by atoms with Crippen molar-refractivity contribution in [2.75, 3.05) is 5.73 Å². The third-order valence-electron chi connectivity index (χ3n) is 2.15. The first kappa shape index (κ1) is 13.1. The number of hydrogen-bond acceptors (Lipinski definition) is 4. The van der Waals surface area contributed by atoms with E-state index in [0.29, 0.717) is 16.5 Å². The van der Waals surface area contributed by atoms with Gasteiger partial charge in [-0.05, 0) is 25.1 Å². The summed E-state index contributed by atoms with van der Waals surface area (Å²) in [5, 5.41) is 10.1. The SMILES string of the molecule is CCC.Cc1c(O)ccc2cc(N)c(=O)oc12. The molecule has 3 N–H and O–H groups in total. The van der Waals surface area contributed by atoms with Crippen LogP contribution in [-0.4, -0.2) is 5.11 Å². The lowest BCUT2D eigenvalue weighted by molar-refractivity contribution is 0.468. The zero-order chi connectivity index (χ0) is 13.0. The quantitative estimate of drug-likeness (QED) is 0.688. The second kappa shape index (κ2) is 5.39. The number of rotatable bonds is 0. The van der Waals surface area contributed by atoms with Crippen molar-refractivity contribution in [3.05, 3.63) is 34.2 Å². The second-order valence-electron chi connectivity index (χ2n) is 3.82. The van der Waals surface area contributed by atoms with E-state index >= 15 is 0 Å². The summed E-state index contributed by atoms with van der Waals surface area (Å²) in [5.41, 5.74) is 5.82. The van der Waals surface area contributed by atoms with Gasteiger partial charge < -0.3 is 15.3 Å². The standard InChI is InChI=1S/C10H9NO3.C3H8/c1-5-8(12)3-2-6-4-7(11)10(13)14-9(5)6;1-3-2/h2-4,12H,11H2,1H3;3H2,1-2H3. The van der Waals surface area contributed by atoms with Crippen LogP contribution in [0.25, 0.3) is 11.0 Å². The number of benzene rings is 1. The van der Waals surface area contributed by atoms with E-state index in [0.717, 1.165) is 0 Å². The summed E-state index contributed by atoms with van der Waals surface area (Å²) in [6.45, 7) is 5.93. The van der Waals surface area contributed by atoms with Gasteiger partial charge >= 0.3 is 5.63 Å². The van der Waals surface area contributed by atoms with Crippen LogP contribution in [0, 0.1) is 6.92 Å². The zero-order valence-electron chi connectivity index (χ0n) is 10.3. The zero-order valence-corrected chi connectivity index (χ0v) is 10.3. The molecule has 0 saturated heterocycles. The maximum Gasteiger partial charge on any atom is 0.359 e. The van der Waals surface area contributed by atoms with Crippen molar-refractivity contribution in [2.24, 2.45) is 0 Å². The molecule has 1 aromatic carbocycles. The van der Waals surface area contributed by atoms with Gasteiger partial charge in [0.2, 0.25) is 0 Å². The normalized spacial score (nSPS) is 9.82. The maximum absolute atomic E-state index is 11.1. The molecule has 4 heteroatoms. The highest BCUT2D eigenvalue weighted by Crippen LogP contribution is 2.25. The monoisotopic (exact) mass is 235 g/mol. The summed E-state index contributed by atoms with van der Waals surface area (Å²) >= 11 is 0. The van der Waals surface area contributed by atoms with Crippen LogP contribution in [0.1, 0.15) is 25.8 Å². The lowest BCUT2D eigenvalue weighted by Gasteiger charge is -2.02. The van der Waals surface area contributed by atoms with Crippen molar-refractivity contribution in [2.45, 2.75) is 27.2 Å². The van der Waals surface area contributed by atoms with Gasteiger partial charge in [-0.3, -0.25) is 0 Å². The van der Waals surface area contributed by atoms with Crippen molar-refractivity contribution in [3.8, 4) is 5.75 Å². The third-order valence-corrected chi connectivity index (χ3v) is 2.15. The van der Waals surface area contributed by atoms with Gasteiger partial charge in [-0.15, -0.1) is 0 Å². The van der Waals surface area contributed by atoms with Gasteiger partial charge in [-0.25, -0.2) is 4.79 Å². The third kappa shape index (κ3) is 2.78. The van der Waals surface area contributed by atoms with E-state index in [2.05, 4.69) is 13.8 Å². The van der Waals surface area contributed by atoms with Crippen LogP contribution < -0.4 is 11.4 Å².